The Morgan fingerprint density at radius 2 is 2.05 bits per heavy atom. The third-order valence-corrected chi connectivity index (χ3v) is 3.78. The molecule has 3 aromatic rings. The number of para-hydroxylation sites is 1. The molecular weight excluding hydrogens is 268 g/mol. The highest BCUT2D eigenvalue weighted by Gasteiger charge is 2.30. The Morgan fingerprint density at radius 1 is 1.24 bits per heavy atom. The van der Waals surface area contributed by atoms with E-state index in [-0.39, 0.29) is 5.69 Å². The van der Waals surface area contributed by atoms with Crippen molar-refractivity contribution in [2.75, 3.05) is 0 Å². The summed E-state index contributed by atoms with van der Waals surface area (Å²) in [4.78, 5) is 11.5. The van der Waals surface area contributed by atoms with E-state index >= 15 is 0 Å². The summed E-state index contributed by atoms with van der Waals surface area (Å²) < 4.78 is 1.72. The molecule has 1 aromatic carbocycles. The Labute approximate surface area is 120 Å². The molecule has 104 valence electrons. The fourth-order valence-corrected chi connectivity index (χ4v) is 2.85. The van der Waals surface area contributed by atoms with Crippen LogP contribution in [0.3, 0.4) is 0 Å². The number of carboxylic acids is 1. The number of hydrogen-bond acceptors (Lipinski definition) is 3. The van der Waals surface area contributed by atoms with E-state index in [4.69, 9.17) is 0 Å². The minimum absolute atomic E-state index is 0.0686. The summed E-state index contributed by atoms with van der Waals surface area (Å²) >= 11 is 0. The lowest BCUT2D eigenvalue weighted by atomic mass is 9.94. The average molecular weight is 280 g/mol. The first kappa shape index (κ1) is 11.9. The van der Waals surface area contributed by atoms with Gasteiger partial charge in [-0.25, -0.2) is 9.48 Å². The summed E-state index contributed by atoms with van der Waals surface area (Å²) in [6.45, 7) is 0. The normalized spacial score (nSPS) is 12.8. The van der Waals surface area contributed by atoms with Crippen molar-refractivity contribution in [1.82, 2.24) is 20.0 Å². The molecule has 2 aromatic heterocycles. The fraction of sp³-hybridized carbons (Fsp3) is 0.133. The molecular formula is C15H12N4O2. The molecule has 6 nitrogen and oxygen atoms in total. The maximum Gasteiger partial charge on any atom is 0.357 e. The van der Waals surface area contributed by atoms with Crippen molar-refractivity contribution in [2.24, 2.45) is 0 Å². The first-order valence-corrected chi connectivity index (χ1v) is 6.69. The van der Waals surface area contributed by atoms with Crippen molar-refractivity contribution < 1.29 is 9.90 Å². The van der Waals surface area contributed by atoms with Crippen LogP contribution in [0.4, 0.5) is 0 Å². The highest BCUT2D eigenvalue weighted by Crippen LogP contribution is 2.35. The van der Waals surface area contributed by atoms with Gasteiger partial charge < -0.3 is 5.11 Å². The molecule has 0 amide bonds. The first-order valence-electron chi connectivity index (χ1n) is 6.69. The highest BCUT2D eigenvalue weighted by atomic mass is 16.4. The zero-order valence-corrected chi connectivity index (χ0v) is 11.1. The molecule has 6 heteroatoms. The summed E-state index contributed by atoms with van der Waals surface area (Å²) in [7, 11) is 0. The Balaban J connectivity index is 2.01. The summed E-state index contributed by atoms with van der Waals surface area (Å²) in [6.07, 6.45) is 3.33. The second-order valence-electron chi connectivity index (χ2n) is 4.99. The fourth-order valence-electron chi connectivity index (χ4n) is 2.85. The molecule has 0 radical (unpaired) electrons. The van der Waals surface area contributed by atoms with Crippen LogP contribution in [0.25, 0.3) is 16.9 Å². The van der Waals surface area contributed by atoms with Crippen molar-refractivity contribution in [1.29, 1.82) is 0 Å². The van der Waals surface area contributed by atoms with E-state index in [0.717, 1.165) is 35.5 Å². The largest absolute Gasteiger partial charge is 0.476 e. The Hall–Kier alpha value is -2.89. The number of fused-ring (bicyclic) bond motifs is 3. The molecule has 1 aliphatic carbocycles. The Kier molecular flexibility index (Phi) is 2.44. The number of benzene rings is 1. The van der Waals surface area contributed by atoms with Gasteiger partial charge >= 0.3 is 5.97 Å². The molecule has 2 N–H and O–H groups in total. The van der Waals surface area contributed by atoms with E-state index in [9.17, 15) is 9.90 Å². The van der Waals surface area contributed by atoms with Gasteiger partial charge in [0.25, 0.3) is 0 Å². The molecule has 0 saturated heterocycles. The summed E-state index contributed by atoms with van der Waals surface area (Å²) in [5, 5.41) is 20.7. The molecule has 0 unspecified atom stereocenters. The van der Waals surface area contributed by atoms with Gasteiger partial charge in [0.15, 0.2) is 5.69 Å². The van der Waals surface area contributed by atoms with Gasteiger partial charge in [-0.15, -0.1) is 0 Å². The molecule has 0 spiro atoms. The lowest BCUT2D eigenvalue weighted by Gasteiger charge is -2.14. The number of aromatic amines is 1. The van der Waals surface area contributed by atoms with Crippen molar-refractivity contribution in [3.63, 3.8) is 0 Å². The predicted molar refractivity (Wildman–Crippen MR) is 75.5 cm³/mol. The minimum atomic E-state index is -1.02. The number of nitrogens with one attached hydrogen (secondary N) is 1. The molecule has 0 fully saturated rings. The standard InChI is InChI=1S/C15H12N4O2/c20-15(21)14-12-11(7-6-9-8-16-17-13(9)12)19(18-14)10-4-2-1-3-5-10/h1-5,8H,6-7H2,(H,16,17)(H,20,21). The SMILES string of the molecule is O=C(O)c1nn(-c2ccccc2)c2c1-c1[nH]ncc1CC2. The minimum Gasteiger partial charge on any atom is -0.476 e. The van der Waals surface area contributed by atoms with Crippen molar-refractivity contribution in [3.05, 3.63) is 53.5 Å². The number of H-pyrrole nitrogens is 1. The number of nitrogens with zero attached hydrogens (tertiary/aromatic N) is 3. The van der Waals surface area contributed by atoms with E-state index in [1.807, 2.05) is 30.3 Å². The van der Waals surface area contributed by atoms with Gasteiger partial charge in [-0.2, -0.15) is 10.2 Å². The molecule has 0 aliphatic heterocycles. The smallest absolute Gasteiger partial charge is 0.357 e. The zero-order valence-electron chi connectivity index (χ0n) is 11.1. The van der Waals surface area contributed by atoms with Crippen LogP contribution in [0.1, 0.15) is 21.7 Å². The molecule has 21 heavy (non-hydrogen) atoms. The third-order valence-electron chi connectivity index (χ3n) is 3.78. The number of carbonyl (C=O) groups is 1. The maximum atomic E-state index is 11.5. The second kappa shape index (κ2) is 4.31. The summed E-state index contributed by atoms with van der Waals surface area (Å²) in [5.41, 5.74) is 4.32. The molecule has 0 bridgehead atoms. The summed E-state index contributed by atoms with van der Waals surface area (Å²) in [6, 6.07) is 9.58. The zero-order chi connectivity index (χ0) is 14.4. The van der Waals surface area contributed by atoms with Gasteiger partial charge in [-0.3, -0.25) is 5.10 Å². The van der Waals surface area contributed by atoms with Crippen LogP contribution in [0.2, 0.25) is 0 Å². The van der Waals surface area contributed by atoms with Gasteiger partial charge in [-0.05, 0) is 30.5 Å². The van der Waals surface area contributed by atoms with Gasteiger partial charge in [0.1, 0.15) is 0 Å². The van der Waals surface area contributed by atoms with Gasteiger partial charge in [-0.1, -0.05) is 18.2 Å². The van der Waals surface area contributed by atoms with Crippen LogP contribution in [-0.2, 0) is 12.8 Å². The van der Waals surface area contributed by atoms with E-state index in [0.29, 0.717) is 5.56 Å². The topological polar surface area (TPSA) is 83.8 Å². The molecule has 2 heterocycles. The van der Waals surface area contributed by atoms with Crippen molar-refractivity contribution in [2.45, 2.75) is 12.8 Å². The highest BCUT2D eigenvalue weighted by molar-refractivity contribution is 5.95. The van der Waals surface area contributed by atoms with Crippen LogP contribution in [0.15, 0.2) is 36.5 Å². The third kappa shape index (κ3) is 1.69. The van der Waals surface area contributed by atoms with E-state index in [1.165, 1.54) is 0 Å². The number of aromatic carboxylic acids is 1. The van der Waals surface area contributed by atoms with E-state index in [2.05, 4.69) is 15.3 Å². The van der Waals surface area contributed by atoms with Gasteiger partial charge in [0, 0.05) is 0 Å². The monoisotopic (exact) mass is 280 g/mol. The average Bonchev–Trinajstić information content (AvgIpc) is 3.11. The van der Waals surface area contributed by atoms with E-state index < -0.39 is 5.97 Å². The van der Waals surface area contributed by atoms with Crippen LogP contribution >= 0.6 is 0 Å². The van der Waals surface area contributed by atoms with Crippen LogP contribution in [0.5, 0.6) is 0 Å². The van der Waals surface area contributed by atoms with Crippen LogP contribution in [-0.4, -0.2) is 31.1 Å². The first-order chi connectivity index (χ1) is 10.3. The van der Waals surface area contributed by atoms with E-state index in [1.54, 1.807) is 10.9 Å². The van der Waals surface area contributed by atoms with Crippen molar-refractivity contribution in [3.8, 4) is 16.9 Å². The molecule has 4 rings (SSSR count). The molecule has 1 aliphatic rings. The van der Waals surface area contributed by atoms with Crippen LogP contribution < -0.4 is 0 Å². The Morgan fingerprint density at radius 3 is 2.81 bits per heavy atom. The maximum absolute atomic E-state index is 11.5. The molecule has 0 atom stereocenters. The number of hydrogen-bond donors (Lipinski definition) is 2. The predicted octanol–water partition coefficient (Wildman–Crippen LogP) is 2.06. The quantitative estimate of drug-likeness (QED) is 0.752. The molecule has 0 saturated carbocycles. The number of aromatic nitrogens is 4. The second-order valence-corrected chi connectivity index (χ2v) is 4.99. The van der Waals surface area contributed by atoms with Gasteiger partial charge in [0.05, 0.1) is 28.8 Å². The number of carboxylic acid groups (broad SMARTS) is 1. The van der Waals surface area contributed by atoms with Crippen molar-refractivity contribution >= 4 is 5.97 Å². The number of rotatable bonds is 2. The lowest BCUT2D eigenvalue weighted by molar-refractivity contribution is 0.0691. The lowest BCUT2D eigenvalue weighted by Crippen LogP contribution is -2.08. The van der Waals surface area contributed by atoms with Gasteiger partial charge in [0.2, 0.25) is 0 Å². The summed E-state index contributed by atoms with van der Waals surface area (Å²) in [5.74, 6) is -1.02. The van der Waals surface area contributed by atoms with Crippen LogP contribution in [0, 0.1) is 0 Å². The Bertz CT molecular complexity index is 833. The number of aryl methyl sites for hydroxylation is 1.